The van der Waals surface area contributed by atoms with E-state index in [1.54, 1.807) is 6.08 Å². The molecule has 0 radical (unpaired) electrons. The molecule has 13 heavy (non-hydrogen) atoms. The highest BCUT2D eigenvalue weighted by Crippen LogP contribution is 2.45. The first-order valence-electron chi connectivity index (χ1n) is 4.42. The first-order chi connectivity index (χ1) is 6.38. The van der Waals surface area contributed by atoms with Crippen molar-refractivity contribution in [2.75, 3.05) is 0 Å². The van der Waals surface area contributed by atoms with Crippen LogP contribution in [0.4, 0.5) is 0 Å². The van der Waals surface area contributed by atoms with Crippen molar-refractivity contribution in [1.29, 1.82) is 0 Å². The van der Waals surface area contributed by atoms with Gasteiger partial charge in [-0.1, -0.05) is 30.4 Å². The summed E-state index contributed by atoms with van der Waals surface area (Å²) in [5.41, 5.74) is 4.56. The minimum Gasteiger partial charge on any atom is -0.289 e. The highest BCUT2D eigenvalue weighted by atomic mass is 16.1. The average Bonchev–Trinajstić information content (AvgIpc) is 2.14. The highest BCUT2D eigenvalue weighted by molar-refractivity contribution is 6.14. The van der Waals surface area contributed by atoms with Crippen LogP contribution in [-0.2, 0) is 4.79 Å². The predicted molar refractivity (Wildman–Crippen MR) is 51.1 cm³/mol. The van der Waals surface area contributed by atoms with Gasteiger partial charge in [-0.2, -0.15) is 0 Å². The summed E-state index contributed by atoms with van der Waals surface area (Å²) >= 11 is 0. The molecule has 0 aromatic heterocycles. The summed E-state index contributed by atoms with van der Waals surface area (Å²) in [5.74, 6) is 0.167. The molecule has 0 saturated heterocycles. The molecule has 62 valence electrons. The van der Waals surface area contributed by atoms with Gasteiger partial charge in [-0.25, -0.2) is 0 Å². The van der Waals surface area contributed by atoms with Crippen LogP contribution < -0.4 is 0 Å². The minimum atomic E-state index is 0.167. The minimum absolute atomic E-state index is 0.167. The van der Waals surface area contributed by atoms with E-state index in [1.807, 2.05) is 12.2 Å². The summed E-state index contributed by atoms with van der Waals surface area (Å²) in [5, 5.41) is 0. The Balaban J connectivity index is 2.25. The Morgan fingerprint density at radius 1 is 1.08 bits per heavy atom. The molecule has 0 amide bonds. The molecule has 0 N–H and O–H groups in total. The van der Waals surface area contributed by atoms with Crippen molar-refractivity contribution < 1.29 is 4.79 Å². The van der Waals surface area contributed by atoms with Crippen LogP contribution in [0.25, 0.3) is 0 Å². The number of hydrogen-bond acceptors (Lipinski definition) is 1. The molecule has 0 aromatic rings. The topological polar surface area (TPSA) is 17.1 Å². The normalized spacial score (nSPS) is 23.2. The van der Waals surface area contributed by atoms with Gasteiger partial charge in [0.05, 0.1) is 0 Å². The van der Waals surface area contributed by atoms with Crippen LogP contribution in [0, 0.1) is 0 Å². The number of hydrogen-bond donors (Lipinski definition) is 0. The number of carbonyl (C=O) groups is 1. The Morgan fingerprint density at radius 3 is 2.85 bits per heavy atom. The van der Waals surface area contributed by atoms with Gasteiger partial charge in [0.15, 0.2) is 5.78 Å². The van der Waals surface area contributed by atoms with Gasteiger partial charge >= 0.3 is 0 Å². The number of fused-ring (bicyclic) bond motifs is 3. The summed E-state index contributed by atoms with van der Waals surface area (Å²) in [7, 11) is 0. The number of rotatable bonds is 0. The Kier molecular flexibility index (Phi) is 1.15. The first-order valence-corrected chi connectivity index (χ1v) is 4.42. The van der Waals surface area contributed by atoms with Crippen LogP contribution in [0.2, 0.25) is 0 Å². The summed E-state index contributed by atoms with van der Waals surface area (Å²) < 4.78 is 0. The Bertz CT molecular complexity index is 454. The van der Waals surface area contributed by atoms with Crippen molar-refractivity contribution in [3.63, 3.8) is 0 Å². The zero-order valence-electron chi connectivity index (χ0n) is 7.08. The van der Waals surface area contributed by atoms with E-state index in [0.717, 1.165) is 17.6 Å². The summed E-state index contributed by atoms with van der Waals surface area (Å²) in [6, 6.07) is 0. The third-order valence-electron chi connectivity index (χ3n) is 2.66. The largest absolute Gasteiger partial charge is 0.289 e. The van der Waals surface area contributed by atoms with Gasteiger partial charge in [0.25, 0.3) is 0 Å². The molecule has 3 aliphatic rings. The zero-order valence-corrected chi connectivity index (χ0v) is 7.08. The quantitative estimate of drug-likeness (QED) is 0.542. The lowest BCUT2D eigenvalue weighted by Gasteiger charge is -2.31. The summed E-state index contributed by atoms with van der Waals surface area (Å²) in [4.78, 5) is 11.5. The fourth-order valence-electron chi connectivity index (χ4n) is 2.05. The molecule has 0 atom stereocenters. The molecule has 3 rings (SSSR count). The van der Waals surface area contributed by atoms with Crippen LogP contribution in [0.15, 0.2) is 58.7 Å². The van der Waals surface area contributed by atoms with Crippen LogP contribution in [0.3, 0.4) is 0 Å². The lowest BCUT2D eigenvalue weighted by molar-refractivity contribution is -0.111. The van der Waals surface area contributed by atoms with E-state index in [-0.39, 0.29) is 5.78 Å². The van der Waals surface area contributed by atoms with E-state index in [4.69, 9.17) is 0 Å². The van der Waals surface area contributed by atoms with Gasteiger partial charge in [0.1, 0.15) is 0 Å². The monoisotopic (exact) mass is 168 g/mol. The molecule has 1 heteroatoms. The molecule has 0 aliphatic heterocycles. The molecule has 0 spiro atoms. The first kappa shape index (κ1) is 6.84. The second kappa shape index (κ2) is 2.19. The van der Waals surface area contributed by atoms with Gasteiger partial charge in [-0.3, -0.25) is 4.79 Å². The lowest BCUT2D eigenvalue weighted by Crippen LogP contribution is -2.21. The lowest BCUT2D eigenvalue weighted by atomic mass is 9.71. The van der Waals surface area contributed by atoms with E-state index < -0.39 is 0 Å². The zero-order chi connectivity index (χ0) is 8.84. The van der Waals surface area contributed by atoms with Gasteiger partial charge in [0.2, 0.25) is 0 Å². The molecular formula is C12H8O. The third kappa shape index (κ3) is 0.738. The molecule has 0 fully saturated rings. The van der Waals surface area contributed by atoms with Crippen molar-refractivity contribution in [3.05, 3.63) is 58.7 Å². The van der Waals surface area contributed by atoms with Crippen LogP contribution in [0.1, 0.15) is 6.42 Å². The second-order valence-electron chi connectivity index (χ2n) is 3.37. The van der Waals surface area contributed by atoms with Crippen molar-refractivity contribution in [2.45, 2.75) is 6.42 Å². The Morgan fingerprint density at radius 2 is 1.92 bits per heavy atom. The molecule has 0 bridgehead atoms. The van der Waals surface area contributed by atoms with Gasteiger partial charge < -0.3 is 0 Å². The third-order valence-corrected chi connectivity index (χ3v) is 2.66. The molecule has 0 saturated carbocycles. The number of carbonyl (C=O) groups excluding carboxylic acids is 1. The smallest absolute Gasteiger partial charge is 0.186 e. The Hall–Kier alpha value is -1.63. The van der Waals surface area contributed by atoms with Gasteiger partial charge in [-0.15, -0.1) is 0 Å². The highest BCUT2D eigenvalue weighted by Gasteiger charge is 2.33. The second-order valence-corrected chi connectivity index (χ2v) is 3.37. The predicted octanol–water partition coefficient (Wildman–Crippen LogP) is 2.25. The molecule has 0 heterocycles. The van der Waals surface area contributed by atoms with E-state index in [2.05, 4.69) is 18.2 Å². The van der Waals surface area contributed by atoms with E-state index >= 15 is 0 Å². The van der Waals surface area contributed by atoms with Gasteiger partial charge in [-0.05, 0) is 29.2 Å². The van der Waals surface area contributed by atoms with Crippen LogP contribution >= 0.6 is 0 Å². The standard InChI is InChI=1S/C12H8O/c13-11-7-3-6-10-8-4-1-2-5-9(8)12(10)11/h1-4,6-7H,5H2. The van der Waals surface area contributed by atoms with Crippen molar-refractivity contribution in [2.24, 2.45) is 0 Å². The SMILES string of the molecule is O=C1C=CC=C2C3=CC=CCC3=C12. The van der Waals surface area contributed by atoms with E-state index in [1.165, 1.54) is 11.1 Å². The van der Waals surface area contributed by atoms with Gasteiger partial charge in [0, 0.05) is 5.57 Å². The van der Waals surface area contributed by atoms with Crippen molar-refractivity contribution >= 4 is 5.78 Å². The van der Waals surface area contributed by atoms with Crippen molar-refractivity contribution in [3.8, 4) is 0 Å². The molecule has 0 aromatic carbocycles. The summed E-state index contributed by atoms with van der Waals surface area (Å²) in [6.45, 7) is 0. The number of allylic oxidation sites excluding steroid dienone is 10. The van der Waals surface area contributed by atoms with Crippen LogP contribution in [0.5, 0.6) is 0 Å². The van der Waals surface area contributed by atoms with E-state index in [0.29, 0.717) is 0 Å². The molecular weight excluding hydrogens is 160 g/mol. The number of ketones is 1. The van der Waals surface area contributed by atoms with E-state index in [9.17, 15) is 4.79 Å². The fraction of sp³-hybridized carbons (Fsp3) is 0.0833. The molecule has 1 nitrogen and oxygen atoms in total. The average molecular weight is 168 g/mol. The Labute approximate surface area is 76.4 Å². The maximum absolute atomic E-state index is 11.5. The fourth-order valence-corrected chi connectivity index (χ4v) is 2.05. The van der Waals surface area contributed by atoms with Crippen molar-refractivity contribution in [1.82, 2.24) is 0 Å². The maximum Gasteiger partial charge on any atom is 0.186 e. The van der Waals surface area contributed by atoms with Crippen LogP contribution in [-0.4, -0.2) is 5.78 Å². The maximum atomic E-state index is 11.5. The summed E-state index contributed by atoms with van der Waals surface area (Å²) in [6.07, 6.45) is 12.6. The molecule has 3 aliphatic carbocycles. The molecule has 0 unspecified atom stereocenters.